The molecule has 1 aliphatic rings. The highest BCUT2D eigenvalue weighted by Gasteiger charge is 2.25. The maximum atomic E-state index is 9.55. The van der Waals surface area contributed by atoms with Gasteiger partial charge in [0.25, 0.3) is 0 Å². The lowest BCUT2D eigenvalue weighted by Crippen LogP contribution is -2.20. The van der Waals surface area contributed by atoms with Gasteiger partial charge in [-0.15, -0.1) is 23.1 Å². The van der Waals surface area contributed by atoms with Crippen molar-refractivity contribution in [1.82, 2.24) is 4.90 Å². The molecule has 2 heterocycles. The number of aliphatic carboxylic acids is 2. The van der Waals surface area contributed by atoms with Gasteiger partial charge in [0.05, 0.1) is 10.8 Å². The van der Waals surface area contributed by atoms with Crippen molar-refractivity contribution in [2.75, 3.05) is 27.2 Å². The third-order valence-electron chi connectivity index (χ3n) is 3.83. The number of hydrogen-bond donors (Lipinski definition) is 2. The number of hydrogen-bond acceptors (Lipinski definition) is 6. The molecule has 0 aliphatic carbocycles. The Morgan fingerprint density at radius 2 is 1.82 bits per heavy atom. The normalized spacial score (nSPS) is 15.3. The van der Waals surface area contributed by atoms with E-state index in [-0.39, 0.29) is 6.10 Å². The predicted octanol–water partition coefficient (Wildman–Crippen LogP) is 3.73. The van der Waals surface area contributed by atoms with E-state index in [1.165, 1.54) is 20.9 Å². The maximum absolute atomic E-state index is 9.55. The summed E-state index contributed by atoms with van der Waals surface area (Å²) in [5.74, 6) is -1.48. The number of thiophene rings is 1. The van der Waals surface area contributed by atoms with Crippen LogP contribution < -0.4 is 0 Å². The van der Waals surface area contributed by atoms with Crippen molar-refractivity contribution >= 4 is 35.0 Å². The third kappa shape index (κ3) is 6.79. The largest absolute Gasteiger partial charge is 0.478 e. The van der Waals surface area contributed by atoms with Crippen LogP contribution in [-0.2, 0) is 20.1 Å². The number of likely N-dealkylation sites (N-methyl/N-ethyl adjacent to an activating group) is 1. The minimum absolute atomic E-state index is 0.0856. The second-order valence-corrected chi connectivity index (χ2v) is 8.37. The summed E-state index contributed by atoms with van der Waals surface area (Å²) < 4.78 is 7.64. The highest BCUT2D eigenvalue weighted by molar-refractivity contribution is 8.00. The number of rotatable bonds is 6. The zero-order valence-electron chi connectivity index (χ0n) is 15.7. The molecule has 0 amide bonds. The van der Waals surface area contributed by atoms with Crippen molar-refractivity contribution in [1.29, 1.82) is 0 Å². The molecular formula is C20H23NO5S2. The third-order valence-corrected chi connectivity index (χ3v) is 6.15. The second kappa shape index (κ2) is 11.0. The number of benzene rings is 1. The Balaban J connectivity index is 0.000000300. The summed E-state index contributed by atoms with van der Waals surface area (Å²) in [7, 11) is 4.16. The first-order valence-corrected chi connectivity index (χ1v) is 10.4. The Morgan fingerprint density at radius 3 is 2.46 bits per heavy atom. The molecule has 1 aromatic heterocycles. The van der Waals surface area contributed by atoms with Crippen molar-refractivity contribution in [3.8, 4) is 0 Å². The van der Waals surface area contributed by atoms with Crippen molar-refractivity contribution in [2.45, 2.75) is 16.1 Å². The van der Waals surface area contributed by atoms with Gasteiger partial charge in [0.15, 0.2) is 0 Å². The van der Waals surface area contributed by atoms with E-state index in [9.17, 15) is 9.59 Å². The lowest BCUT2D eigenvalue weighted by molar-refractivity contribution is -0.134. The van der Waals surface area contributed by atoms with Gasteiger partial charge in [-0.3, -0.25) is 0 Å². The standard InChI is InChI=1S/C16H19NOS2.C4H4O4/c1-17(2)8-9-18-15-13-6-4-3-5-12(13)11-20-16-14(15)7-10-19-16;5-3(6)1-2-4(7)8/h3-7,10,15H,8-9,11H2,1-2H3;1-2H,(H,5,6)(H,7,8)/b;2-1+. The molecule has 0 bridgehead atoms. The van der Waals surface area contributed by atoms with Gasteiger partial charge in [0.1, 0.15) is 6.10 Å². The van der Waals surface area contributed by atoms with Gasteiger partial charge >= 0.3 is 11.9 Å². The Bertz CT molecular complexity index is 816. The number of ether oxygens (including phenoxy) is 1. The summed E-state index contributed by atoms with van der Waals surface area (Å²) >= 11 is 3.76. The summed E-state index contributed by atoms with van der Waals surface area (Å²) in [6.07, 6.45) is 1.20. The van der Waals surface area contributed by atoms with Crippen LogP contribution in [0.3, 0.4) is 0 Å². The fraction of sp³-hybridized carbons (Fsp3) is 0.300. The zero-order chi connectivity index (χ0) is 20.5. The summed E-state index contributed by atoms with van der Waals surface area (Å²) in [5.41, 5.74) is 4.07. The van der Waals surface area contributed by atoms with Crippen molar-refractivity contribution in [2.24, 2.45) is 0 Å². The smallest absolute Gasteiger partial charge is 0.328 e. The predicted molar refractivity (Wildman–Crippen MR) is 111 cm³/mol. The molecule has 1 aromatic carbocycles. The van der Waals surface area contributed by atoms with Crippen LogP contribution >= 0.6 is 23.1 Å². The quantitative estimate of drug-likeness (QED) is 0.687. The van der Waals surface area contributed by atoms with Gasteiger partial charge in [-0.05, 0) is 36.7 Å². The molecule has 0 saturated carbocycles. The summed E-state index contributed by atoms with van der Waals surface area (Å²) in [6.45, 7) is 1.71. The van der Waals surface area contributed by atoms with E-state index in [0.717, 1.165) is 18.9 Å². The molecular weight excluding hydrogens is 398 g/mol. The molecule has 2 N–H and O–H groups in total. The fourth-order valence-corrected chi connectivity index (χ4v) is 4.68. The van der Waals surface area contributed by atoms with Crippen molar-refractivity contribution in [3.63, 3.8) is 0 Å². The van der Waals surface area contributed by atoms with Crippen LogP contribution in [0.15, 0.2) is 52.1 Å². The topological polar surface area (TPSA) is 87.1 Å². The average molecular weight is 422 g/mol. The SMILES string of the molecule is CN(C)CCOC1c2ccccc2CSc2sccc21.O=C(O)/C=C/C(=O)O. The molecule has 1 aliphatic heterocycles. The first kappa shape index (κ1) is 22.2. The van der Waals surface area contributed by atoms with Crippen LogP contribution in [0.5, 0.6) is 0 Å². The molecule has 0 spiro atoms. The Kier molecular flexibility index (Phi) is 8.72. The minimum Gasteiger partial charge on any atom is -0.478 e. The zero-order valence-corrected chi connectivity index (χ0v) is 17.3. The first-order chi connectivity index (χ1) is 13.4. The molecule has 6 nitrogen and oxygen atoms in total. The number of thioether (sulfide) groups is 1. The molecule has 28 heavy (non-hydrogen) atoms. The van der Waals surface area contributed by atoms with Crippen LogP contribution in [0.2, 0.25) is 0 Å². The second-order valence-electron chi connectivity index (χ2n) is 6.21. The average Bonchev–Trinajstić information content (AvgIpc) is 3.05. The van der Waals surface area contributed by atoms with Gasteiger partial charge in [-0.1, -0.05) is 24.3 Å². The Hall–Kier alpha value is -2.13. The van der Waals surface area contributed by atoms with Crippen LogP contribution in [-0.4, -0.2) is 54.3 Å². The fourth-order valence-electron chi connectivity index (χ4n) is 2.52. The highest BCUT2D eigenvalue weighted by Crippen LogP contribution is 2.43. The van der Waals surface area contributed by atoms with E-state index in [0.29, 0.717) is 12.2 Å². The maximum Gasteiger partial charge on any atom is 0.328 e. The van der Waals surface area contributed by atoms with E-state index >= 15 is 0 Å². The molecule has 0 fully saturated rings. The van der Waals surface area contributed by atoms with E-state index in [1.54, 1.807) is 0 Å². The molecule has 150 valence electrons. The molecule has 1 atom stereocenters. The van der Waals surface area contributed by atoms with Crippen LogP contribution in [0.1, 0.15) is 22.8 Å². The number of carboxylic acids is 2. The lowest BCUT2D eigenvalue weighted by atomic mass is 9.99. The van der Waals surface area contributed by atoms with E-state index in [2.05, 4.69) is 54.7 Å². The van der Waals surface area contributed by atoms with Gasteiger partial charge in [-0.25, -0.2) is 9.59 Å². The summed E-state index contributed by atoms with van der Waals surface area (Å²) in [5, 5.41) is 17.8. The van der Waals surface area contributed by atoms with Crippen LogP contribution in [0.25, 0.3) is 0 Å². The summed E-state index contributed by atoms with van der Waals surface area (Å²) in [6, 6.07) is 10.9. The number of carbonyl (C=O) groups is 2. The van der Waals surface area contributed by atoms with Crippen LogP contribution in [0.4, 0.5) is 0 Å². The molecule has 0 saturated heterocycles. The molecule has 3 rings (SSSR count). The van der Waals surface area contributed by atoms with Crippen molar-refractivity contribution in [3.05, 3.63) is 64.6 Å². The summed E-state index contributed by atoms with van der Waals surface area (Å²) in [4.78, 5) is 21.3. The number of carboxylic acid groups (broad SMARTS) is 2. The van der Waals surface area contributed by atoms with E-state index < -0.39 is 11.9 Å². The van der Waals surface area contributed by atoms with Crippen LogP contribution in [0, 0.1) is 0 Å². The highest BCUT2D eigenvalue weighted by atomic mass is 32.2. The molecule has 8 heteroatoms. The van der Waals surface area contributed by atoms with Gasteiger partial charge < -0.3 is 19.8 Å². The van der Waals surface area contributed by atoms with E-state index in [1.807, 2.05) is 23.1 Å². The minimum atomic E-state index is -1.26. The number of nitrogens with zero attached hydrogens (tertiary/aromatic N) is 1. The Morgan fingerprint density at radius 1 is 1.14 bits per heavy atom. The van der Waals surface area contributed by atoms with Crippen molar-refractivity contribution < 1.29 is 24.5 Å². The lowest BCUT2D eigenvalue weighted by Gasteiger charge is -2.20. The van der Waals surface area contributed by atoms with Gasteiger partial charge in [0.2, 0.25) is 0 Å². The molecule has 0 radical (unpaired) electrons. The monoisotopic (exact) mass is 421 g/mol. The van der Waals surface area contributed by atoms with Gasteiger partial charge in [-0.2, -0.15) is 0 Å². The first-order valence-electron chi connectivity index (χ1n) is 8.56. The molecule has 1 unspecified atom stereocenters. The Labute approximate surface area is 172 Å². The van der Waals surface area contributed by atoms with Gasteiger partial charge in [0, 0.05) is 30.0 Å². The number of fused-ring (bicyclic) bond motifs is 2. The van der Waals surface area contributed by atoms with E-state index in [4.69, 9.17) is 14.9 Å². The molecule has 2 aromatic rings.